The number of aromatic nitrogens is 1. The molecule has 110 valence electrons. The normalized spacial score (nSPS) is 15.6. The molecule has 4 heteroatoms. The molecule has 1 aliphatic rings. The highest BCUT2D eigenvalue weighted by Gasteiger charge is 2.24. The van der Waals surface area contributed by atoms with Crippen LogP contribution in [0, 0.1) is 18.3 Å². The summed E-state index contributed by atoms with van der Waals surface area (Å²) in [5, 5.41) is 6.79. The molecular weight excluding hydrogens is 266 g/mol. The van der Waals surface area contributed by atoms with Gasteiger partial charge in [-0.05, 0) is 39.5 Å². The summed E-state index contributed by atoms with van der Waals surface area (Å²) in [6, 6.07) is 0. The highest BCUT2D eigenvalue weighted by atomic mass is 32.1. The Morgan fingerprint density at radius 3 is 2.85 bits per heavy atom. The SMILES string of the molecule is C#CCN(Cc1csc(CNC(C)(C)C)n1)CC1CC1. The molecule has 0 aromatic carbocycles. The van der Waals surface area contributed by atoms with Gasteiger partial charge in [-0.2, -0.15) is 0 Å². The lowest BCUT2D eigenvalue weighted by atomic mass is 10.1. The van der Waals surface area contributed by atoms with Gasteiger partial charge < -0.3 is 5.32 Å². The van der Waals surface area contributed by atoms with Gasteiger partial charge in [0.05, 0.1) is 12.2 Å². The molecule has 20 heavy (non-hydrogen) atoms. The fourth-order valence-corrected chi connectivity index (χ4v) is 2.78. The van der Waals surface area contributed by atoms with E-state index >= 15 is 0 Å². The molecule has 1 aromatic heterocycles. The van der Waals surface area contributed by atoms with Crippen molar-refractivity contribution in [3.63, 3.8) is 0 Å². The molecule has 0 amide bonds. The second-order valence-electron chi connectivity index (χ2n) is 6.65. The van der Waals surface area contributed by atoms with Gasteiger partial charge in [0.1, 0.15) is 5.01 Å². The van der Waals surface area contributed by atoms with E-state index in [1.54, 1.807) is 11.3 Å². The van der Waals surface area contributed by atoms with Crippen molar-refractivity contribution >= 4 is 11.3 Å². The number of hydrogen-bond acceptors (Lipinski definition) is 4. The summed E-state index contributed by atoms with van der Waals surface area (Å²) in [6.45, 7) is 10.1. The Bertz CT molecular complexity index is 463. The van der Waals surface area contributed by atoms with Crippen molar-refractivity contribution in [3.05, 3.63) is 16.1 Å². The van der Waals surface area contributed by atoms with Crippen LogP contribution in [0.2, 0.25) is 0 Å². The average molecular weight is 291 g/mol. The van der Waals surface area contributed by atoms with Crippen LogP contribution < -0.4 is 5.32 Å². The van der Waals surface area contributed by atoms with Crippen LogP contribution >= 0.6 is 11.3 Å². The summed E-state index contributed by atoms with van der Waals surface area (Å²) in [7, 11) is 0. The zero-order valence-electron chi connectivity index (χ0n) is 12.8. The van der Waals surface area contributed by atoms with Crippen LogP contribution in [0.4, 0.5) is 0 Å². The van der Waals surface area contributed by atoms with E-state index in [1.165, 1.54) is 12.8 Å². The summed E-state index contributed by atoms with van der Waals surface area (Å²) < 4.78 is 0. The summed E-state index contributed by atoms with van der Waals surface area (Å²) in [4.78, 5) is 7.05. The molecule has 0 radical (unpaired) electrons. The number of thiazole rings is 1. The molecule has 1 fully saturated rings. The van der Waals surface area contributed by atoms with Gasteiger partial charge in [0.25, 0.3) is 0 Å². The van der Waals surface area contributed by atoms with Crippen LogP contribution in [0.25, 0.3) is 0 Å². The molecule has 0 spiro atoms. The maximum atomic E-state index is 5.46. The predicted octanol–water partition coefficient (Wildman–Crippen LogP) is 2.88. The Kier molecular flexibility index (Phi) is 5.20. The molecule has 0 atom stereocenters. The minimum Gasteiger partial charge on any atom is -0.306 e. The quantitative estimate of drug-likeness (QED) is 0.783. The lowest BCUT2D eigenvalue weighted by Gasteiger charge is -2.19. The third-order valence-electron chi connectivity index (χ3n) is 3.28. The number of terminal acetylenes is 1. The van der Waals surface area contributed by atoms with E-state index in [9.17, 15) is 0 Å². The zero-order valence-corrected chi connectivity index (χ0v) is 13.6. The first-order valence-electron chi connectivity index (χ1n) is 7.30. The summed E-state index contributed by atoms with van der Waals surface area (Å²) >= 11 is 1.73. The summed E-state index contributed by atoms with van der Waals surface area (Å²) in [6.07, 6.45) is 8.18. The molecular formula is C16H25N3S. The minimum absolute atomic E-state index is 0.132. The highest BCUT2D eigenvalue weighted by Crippen LogP contribution is 2.30. The second kappa shape index (κ2) is 6.71. The summed E-state index contributed by atoms with van der Waals surface area (Å²) in [5.74, 6) is 3.63. The van der Waals surface area contributed by atoms with Crippen molar-refractivity contribution in [1.82, 2.24) is 15.2 Å². The van der Waals surface area contributed by atoms with Crippen molar-refractivity contribution in [1.29, 1.82) is 0 Å². The Labute approximate surface area is 126 Å². The monoisotopic (exact) mass is 291 g/mol. The van der Waals surface area contributed by atoms with E-state index in [0.717, 1.165) is 42.8 Å². The lowest BCUT2D eigenvalue weighted by Crippen LogP contribution is -2.35. The van der Waals surface area contributed by atoms with Crippen LogP contribution in [0.15, 0.2) is 5.38 Å². The van der Waals surface area contributed by atoms with Crippen molar-refractivity contribution in [3.8, 4) is 12.3 Å². The number of rotatable bonds is 7. The molecule has 0 bridgehead atoms. The van der Waals surface area contributed by atoms with Crippen LogP contribution in [0.1, 0.15) is 44.3 Å². The molecule has 1 N–H and O–H groups in total. The van der Waals surface area contributed by atoms with Gasteiger partial charge in [0.15, 0.2) is 0 Å². The Morgan fingerprint density at radius 1 is 1.50 bits per heavy atom. The number of nitrogens with one attached hydrogen (secondary N) is 1. The number of nitrogens with zero attached hydrogens (tertiary/aromatic N) is 2. The Balaban J connectivity index is 1.85. The van der Waals surface area contributed by atoms with Gasteiger partial charge in [-0.25, -0.2) is 4.98 Å². The third kappa shape index (κ3) is 5.62. The predicted molar refractivity (Wildman–Crippen MR) is 85.5 cm³/mol. The fourth-order valence-electron chi connectivity index (χ4n) is 2.05. The molecule has 0 saturated heterocycles. The molecule has 0 aliphatic heterocycles. The molecule has 1 heterocycles. The van der Waals surface area contributed by atoms with Crippen LogP contribution in [0.3, 0.4) is 0 Å². The van der Waals surface area contributed by atoms with Crippen LogP contribution in [-0.2, 0) is 13.1 Å². The van der Waals surface area contributed by atoms with Gasteiger partial charge in [-0.15, -0.1) is 17.8 Å². The van der Waals surface area contributed by atoms with Gasteiger partial charge in [0, 0.05) is 30.6 Å². The van der Waals surface area contributed by atoms with Crippen molar-refractivity contribution < 1.29 is 0 Å². The first-order chi connectivity index (χ1) is 9.46. The Hall–Kier alpha value is -0.890. The molecule has 3 nitrogen and oxygen atoms in total. The van der Waals surface area contributed by atoms with E-state index in [-0.39, 0.29) is 5.54 Å². The average Bonchev–Trinajstić information content (AvgIpc) is 3.04. The Morgan fingerprint density at radius 2 is 2.25 bits per heavy atom. The maximum absolute atomic E-state index is 5.46. The van der Waals surface area contributed by atoms with Crippen molar-refractivity contribution in [2.75, 3.05) is 13.1 Å². The largest absolute Gasteiger partial charge is 0.306 e. The smallest absolute Gasteiger partial charge is 0.107 e. The fraction of sp³-hybridized carbons (Fsp3) is 0.688. The molecule has 2 rings (SSSR count). The number of hydrogen-bond donors (Lipinski definition) is 1. The minimum atomic E-state index is 0.132. The van der Waals surface area contributed by atoms with Gasteiger partial charge in [-0.1, -0.05) is 5.92 Å². The topological polar surface area (TPSA) is 28.2 Å². The molecule has 1 saturated carbocycles. The van der Waals surface area contributed by atoms with Crippen molar-refractivity contribution in [2.45, 2.75) is 52.2 Å². The van der Waals surface area contributed by atoms with Crippen LogP contribution in [-0.4, -0.2) is 28.5 Å². The lowest BCUT2D eigenvalue weighted by molar-refractivity contribution is 0.283. The first-order valence-corrected chi connectivity index (χ1v) is 8.18. The molecule has 1 aromatic rings. The second-order valence-corrected chi connectivity index (χ2v) is 7.60. The van der Waals surface area contributed by atoms with Gasteiger partial charge in [0.2, 0.25) is 0 Å². The standard InChI is InChI=1S/C16H25N3S/c1-5-8-19(10-13-6-7-13)11-14-12-20-15(18-14)9-17-16(2,3)4/h1,12-13,17H,6-11H2,2-4H3. The third-order valence-corrected chi connectivity index (χ3v) is 4.18. The van der Waals surface area contributed by atoms with Crippen LogP contribution in [0.5, 0.6) is 0 Å². The summed E-state index contributed by atoms with van der Waals surface area (Å²) in [5.41, 5.74) is 1.28. The zero-order chi connectivity index (χ0) is 14.6. The maximum Gasteiger partial charge on any atom is 0.107 e. The van der Waals surface area contributed by atoms with E-state index in [1.807, 2.05) is 0 Å². The van der Waals surface area contributed by atoms with Gasteiger partial charge in [-0.3, -0.25) is 4.90 Å². The molecule has 0 unspecified atom stereocenters. The van der Waals surface area contributed by atoms with E-state index < -0.39 is 0 Å². The first kappa shape index (κ1) is 15.5. The van der Waals surface area contributed by atoms with Crippen molar-refractivity contribution in [2.24, 2.45) is 5.92 Å². The van der Waals surface area contributed by atoms with E-state index in [0.29, 0.717) is 0 Å². The highest BCUT2D eigenvalue weighted by molar-refractivity contribution is 7.09. The molecule has 1 aliphatic carbocycles. The van der Waals surface area contributed by atoms with Gasteiger partial charge >= 0.3 is 0 Å². The van der Waals surface area contributed by atoms with E-state index in [4.69, 9.17) is 11.4 Å². The van der Waals surface area contributed by atoms with E-state index in [2.05, 4.69) is 42.3 Å².